The Balaban J connectivity index is 1.28. The zero-order valence-corrected chi connectivity index (χ0v) is 15.7. The molecule has 5 rings (SSSR count). The summed E-state index contributed by atoms with van der Waals surface area (Å²) in [4.78, 5) is -1.16. The van der Waals surface area contributed by atoms with Gasteiger partial charge in [0, 0.05) is 5.48 Å². The van der Waals surface area contributed by atoms with Gasteiger partial charge in [-0.15, -0.1) is 0 Å². The maximum atomic E-state index is 8.20. The first-order valence-corrected chi connectivity index (χ1v) is 11.0. The van der Waals surface area contributed by atoms with Gasteiger partial charge in [0.25, 0.3) is 0 Å². The van der Waals surface area contributed by atoms with Crippen molar-refractivity contribution >= 4 is 23.5 Å². The molecule has 3 fully saturated rings. The van der Waals surface area contributed by atoms with Gasteiger partial charge in [-0.3, -0.25) is 0 Å². The van der Waals surface area contributed by atoms with Gasteiger partial charge < -0.3 is 0 Å². The Bertz CT molecular complexity index is 696. The zero-order chi connectivity index (χ0) is 19.7. The van der Waals surface area contributed by atoms with E-state index in [4.69, 9.17) is 15.7 Å². The zero-order valence-electron chi connectivity index (χ0n) is 18.1. The van der Waals surface area contributed by atoms with Gasteiger partial charge in [-0.05, 0) is 51.4 Å². The Morgan fingerprint density at radius 1 is 0.500 bits per heavy atom. The second kappa shape index (κ2) is 5.70. The third-order valence-electron chi connectivity index (χ3n) is 6.09. The Morgan fingerprint density at radius 2 is 0.917 bits per heavy atom. The summed E-state index contributed by atoms with van der Waals surface area (Å²) < 4.78 is 32.8. The van der Waals surface area contributed by atoms with Crippen LogP contribution in [0, 0.1) is 0 Å². The lowest BCUT2D eigenvalue weighted by Gasteiger charge is -2.41. The molecule has 6 heteroatoms. The lowest BCUT2D eigenvalue weighted by atomic mass is 9.91. The molecule has 0 atom stereocenters. The van der Waals surface area contributed by atoms with E-state index in [2.05, 4.69) is 10.2 Å². The lowest BCUT2D eigenvalue weighted by molar-refractivity contribution is 0.336. The predicted octanol–water partition coefficient (Wildman–Crippen LogP) is 6.67. The highest BCUT2D eigenvalue weighted by Gasteiger charge is 2.56. The van der Waals surface area contributed by atoms with Crippen molar-refractivity contribution in [2.24, 2.45) is 20.5 Å². The smallest absolute Gasteiger partial charge is 0.129 e. The van der Waals surface area contributed by atoms with Gasteiger partial charge in [0.15, 0.2) is 0 Å². The van der Waals surface area contributed by atoms with Gasteiger partial charge in [-0.1, -0.05) is 62.0 Å². The summed E-state index contributed by atoms with van der Waals surface area (Å²) in [5.41, 5.74) is 0. The van der Waals surface area contributed by atoms with Crippen LogP contribution in [-0.2, 0) is 0 Å². The van der Waals surface area contributed by atoms with Crippen molar-refractivity contribution in [2.75, 3.05) is 0 Å². The largest absolute Gasteiger partial charge is 0.175 e. The highest BCUT2D eigenvalue weighted by atomic mass is 32.2. The minimum Gasteiger partial charge on any atom is -0.175 e. The Labute approximate surface area is 159 Å². The monoisotopic (exact) mass is 368 g/mol. The Kier molecular flexibility index (Phi) is 2.92. The van der Waals surface area contributed by atoms with Crippen LogP contribution >= 0.6 is 23.5 Å². The van der Waals surface area contributed by atoms with E-state index in [9.17, 15) is 0 Å². The summed E-state index contributed by atoms with van der Waals surface area (Å²) in [6.45, 7) is 0. The van der Waals surface area contributed by atoms with Crippen LogP contribution in [0.2, 0.25) is 0 Å². The third kappa shape index (κ3) is 2.67. The van der Waals surface area contributed by atoms with E-state index in [1.165, 1.54) is 19.3 Å². The van der Waals surface area contributed by atoms with E-state index in [0.717, 1.165) is 38.5 Å². The van der Waals surface area contributed by atoms with Gasteiger partial charge in [0.05, 0.1) is 0 Å². The standard InChI is InChI=1S/C18H28N4S2/c1-3-7-15(8-4-1)19-21-17(23-15)11-13-18(14-12-17)22-20-16(24-18)9-5-2-6-10-16/h1-14H2/i3D2,4D2. The van der Waals surface area contributed by atoms with E-state index in [1.54, 1.807) is 11.8 Å². The van der Waals surface area contributed by atoms with Crippen molar-refractivity contribution in [1.29, 1.82) is 0 Å². The molecule has 2 heterocycles. The number of hydrogen-bond donors (Lipinski definition) is 0. The molecule has 4 nitrogen and oxygen atoms in total. The molecule has 0 unspecified atom stereocenters. The van der Waals surface area contributed by atoms with E-state index in [1.807, 2.05) is 11.8 Å². The van der Waals surface area contributed by atoms with Crippen molar-refractivity contribution < 1.29 is 5.48 Å². The molecule has 0 aromatic rings. The van der Waals surface area contributed by atoms with Gasteiger partial charge in [0.1, 0.15) is 19.5 Å². The fraction of sp³-hybridized carbons (Fsp3) is 1.00. The summed E-state index contributed by atoms with van der Waals surface area (Å²) in [6, 6.07) is 0. The summed E-state index contributed by atoms with van der Waals surface area (Å²) in [7, 11) is 0. The second-order valence-electron chi connectivity index (χ2n) is 7.98. The molecule has 24 heavy (non-hydrogen) atoms. The topological polar surface area (TPSA) is 49.4 Å². The number of azo groups is 2. The van der Waals surface area contributed by atoms with Gasteiger partial charge in [0.2, 0.25) is 0 Å². The van der Waals surface area contributed by atoms with E-state index < -0.39 is 17.6 Å². The van der Waals surface area contributed by atoms with Crippen LogP contribution in [0.3, 0.4) is 0 Å². The Morgan fingerprint density at radius 3 is 1.42 bits per heavy atom. The molecule has 4 spiro atoms. The summed E-state index contributed by atoms with van der Waals surface area (Å²) in [5.74, 6) is 0. The van der Waals surface area contributed by atoms with Crippen molar-refractivity contribution in [3.8, 4) is 0 Å². The normalized spacial score (nSPS) is 41.3. The molecule has 0 amide bonds. The van der Waals surface area contributed by atoms with Crippen LogP contribution in [-0.4, -0.2) is 19.5 Å². The molecular formula is C18H28N4S2. The van der Waals surface area contributed by atoms with Crippen molar-refractivity contribution in [2.45, 2.75) is 109 Å². The van der Waals surface area contributed by atoms with Gasteiger partial charge >= 0.3 is 0 Å². The maximum absolute atomic E-state index is 8.20. The molecule has 0 aromatic carbocycles. The van der Waals surface area contributed by atoms with Crippen molar-refractivity contribution in [1.82, 2.24) is 0 Å². The molecule has 3 aliphatic carbocycles. The highest BCUT2D eigenvalue weighted by molar-refractivity contribution is 8.02. The highest BCUT2D eigenvalue weighted by Crippen LogP contribution is 2.63. The van der Waals surface area contributed by atoms with Crippen molar-refractivity contribution in [3.05, 3.63) is 0 Å². The number of nitrogens with zero attached hydrogens (tertiary/aromatic N) is 4. The van der Waals surface area contributed by atoms with Crippen molar-refractivity contribution in [3.63, 3.8) is 0 Å². The van der Waals surface area contributed by atoms with Crippen LogP contribution < -0.4 is 0 Å². The molecule has 0 N–H and O–H groups in total. The first-order chi connectivity index (χ1) is 13.1. The van der Waals surface area contributed by atoms with Gasteiger partial charge in [-0.25, -0.2) is 0 Å². The summed E-state index contributed by atoms with van der Waals surface area (Å²) in [5, 5.41) is 18.8. The summed E-state index contributed by atoms with van der Waals surface area (Å²) >= 11 is 3.63. The van der Waals surface area contributed by atoms with E-state index >= 15 is 0 Å². The molecule has 0 radical (unpaired) electrons. The van der Waals surface area contributed by atoms with E-state index in [-0.39, 0.29) is 33.9 Å². The number of hydrogen-bond acceptors (Lipinski definition) is 6. The average Bonchev–Trinajstić information content (AvgIpc) is 3.09. The molecule has 2 aliphatic heterocycles. The second-order valence-corrected chi connectivity index (χ2v) is 11.4. The summed E-state index contributed by atoms with van der Waals surface area (Å²) in [6.07, 6.45) is 7.15. The van der Waals surface area contributed by atoms with Crippen LogP contribution in [0.25, 0.3) is 0 Å². The molecule has 0 bridgehead atoms. The average molecular weight is 369 g/mol. The fourth-order valence-corrected chi connectivity index (χ4v) is 8.10. The van der Waals surface area contributed by atoms with Crippen LogP contribution in [0.4, 0.5) is 0 Å². The quantitative estimate of drug-likeness (QED) is 0.479. The molecule has 132 valence electrons. The number of rotatable bonds is 0. The Hall–Kier alpha value is -0.100. The SMILES string of the molecule is [2H]C1([2H])CC([2H])([2H])CC2(C1)N=NC1(CCC3(CC1)N=NC1(CCCCC1)S3)S2. The predicted molar refractivity (Wildman–Crippen MR) is 100 cm³/mol. The first-order valence-electron chi connectivity index (χ1n) is 11.4. The van der Waals surface area contributed by atoms with Gasteiger partial charge in [-0.2, -0.15) is 20.5 Å². The minimum atomic E-state index is -1.53. The van der Waals surface area contributed by atoms with E-state index in [0.29, 0.717) is 0 Å². The molecular weight excluding hydrogens is 336 g/mol. The number of thioether (sulfide) groups is 2. The van der Waals surface area contributed by atoms with Crippen LogP contribution in [0.1, 0.15) is 95.3 Å². The lowest BCUT2D eigenvalue weighted by Crippen LogP contribution is -2.38. The minimum absolute atomic E-state index is 0.0176. The molecule has 0 saturated heterocycles. The molecule has 0 aromatic heterocycles. The van der Waals surface area contributed by atoms with Crippen LogP contribution in [0.15, 0.2) is 20.5 Å². The molecule has 5 aliphatic rings. The fourth-order valence-electron chi connectivity index (χ4n) is 4.70. The van der Waals surface area contributed by atoms with Crippen LogP contribution in [0.5, 0.6) is 0 Å². The third-order valence-corrected chi connectivity index (χ3v) is 9.45. The molecule has 3 saturated carbocycles. The first kappa shape index (κ1) is 12.3. The maximum Gasteiger partial charge on any atom is 0.129 e.